The molecule has 19 heavy (non-hydrogen) atoms. The number of rotatable bonds is 2. The summed E-state index contributed by atoms with van der Waals surface area (Å²) in [6.07, 6.45) is 0. The van der Waals surface area contributed by atoms with Gasteiger partial charge in [0.1, 0.15) is 10.9 Å². The first-order chi connectivity index (χ1) is 8.93. The Morgan fingerprint density at radius 1 is 0.947 bits per heavy atom. The van der Waals surface area contributed by atoms with Gasteiger partial charge in [0, 0.05) is 5.56 Å². The highest BCUT2D eigenvalue weighted by Gasteiger charge is 2.14. The van der Waals surface area contributed by atoms with Crippen LogP contribution in [0, 0.1) is 13.8 Å². The van der Waals surface area contributed by atoms with E-state index in [9.17, 15) is 0 Å². The van der Waals surface area contributed by atoms with Crippen LogP contribution in [-0.2, 0) is 0 Å². The number of pyridine rings is 1. The topological polar surface area (TPSA) is 22.1 Å². The molecule has 100 valence electrons. The second-order valence-electron chi connectivity index (χ2n) is 4.23. The molecular weight excluding hydrogens is 305 g/mol. The molecule has 0 aliphatic rings. The lowest BCUT2D eigenvalue weighted by Gasteiger charge is -2.12. The molecule has 2 rings (SSSR count). The van der Waals surface area contributed by atoms with Gasteiger partial charge in [-0.15, -0.1) is 0 Å². The molecule has 0 atom stereocenters. The SMILES string of the molecule is COc1cc(C)c(-c2nc(Cl)c(Cl)cc2Cl)cc1C. The van der Waals surface area contributed by atoms with E-state index >= 15 is 0 Å². The Bertz CT molecular complexity index is 641. The molecule has 0 aliphatic carbocycles. The van der Waals surface area contributed by atoms with Gasteiger partial charge >= 0.3 is 0 Å². The van der Waals surface area contributed by atoms with Gasteiger partial charge in [0.2, 0.25) is 0 Å². The van der Waals surface area contributed by atoms with E-state index < -0.39 is 0 Å². The van der Waals surface area contributed by atoms with Gasteiger partial charge in [0.15, 0.2) is 0 Å². The van der Waals surface area contributed by atoms with E-state index in [1.807, 2.05) is 26.0 Å². The van der Waals surface area contributed by atoms with Crippen LogP contribution < -0.4 is 4.74 Å². The van der Waals surface area contributed by atoms with Gasteiger partial charge in [-0.3, -0.25) is 0 Å². The molecule has 2 aromatic rings. The van der Waals surface area contributed by atoms with Crippen LogP contribution in [0.1, 0.15) is 11.1 Å². The summed E-state index contributed by atoms with van der Waals surface area (Å²) in [7, 11) is 1.64. The molecule has 0 N–H and O–H groups in total. The van der Waals surface area contributed by atoms with E-state index in [1.165, 1.54) is 0 Å². The minimum atomic E-state index is 0.244. The predicted molar refractivity (Wildman–Crippen MR) is 80.7 cm³/mol. The van der Waals surface area contributed by atoms with Crippen LogP contribution >= 0.6 is 34.8 Å². The first-order valence-corrected chi connectivity index (χ1v) is 6.74. The van der Waals surface area contributed by atoms with E-state index in [2.05, 4.69) is 4.98 Å². The summed E-state index contributed by atoms with van der Waals surface area (Å²) in [6, 6.07) is 5.53. The number of nitrogens with zero attached hydrogens (tertiary/aromatic N) is 1. The van der Waals surface area contributed by atoms with Crippen molar-refractivity contribution in [1.82, 2.24) is 4.98 Å². The summed E-state index contributed by atoms with van der Waals surface area (Å²) < 4.78 is 5.29. The molecule has 0 unspecified atom stereocenters. The van der Waals surface area contributed by atoms with Gasteiger partial charge in [0.25, 0.3) is 0 Å². The Balaban J connectivity index is 2.65. The minimum Gasteiger partial charge on any atom is -0.496 e. The summed E-state index contributed by atoms with van der Waals surface area (Å²) in [6.45, 7) is 3.94. The summed E-state index contributed by atoms with van der Waals surface area (Å²) in [4.78, 5) is 4.26. The molecule has 0 bridgehead atoms. The van der Waals surface area contributed by atoms with E-state index in [0.29, 0.717) is 15.7 Å². The number of ether oxygens (including phenoxy) is 1. The Morgan fingerprint density at radius 3 is 2.26 bits per heavy atom. The van der Waals surface area contributed by atoms with E-state index in [4.69, 9.17) is 39.5 Å². The summed E-state index contributed by atoms with van der Waals surface area (Å²) in [5.74, 6) is 0.831. The van der Waals surface area contributed by atoms with Gasteiger partial charge in [-0.1, -0.05) is 34.8 Å². The summed E-state index contributed by atoms with van der Waals surface area (Å²) in [5, 5.41) is 1.06. The maximum Gasteiger partial charge on any atom is 0.148 e. The first kappa shape index (κ1) is 14.4. The Morgan fingerprint density at radius 2 is 1.63 bits per heavy atom. The van der Waals surface area contributed by atoms with Gasteiger partial charge in [-0.05, 0) is 43.2 Å². The van der Waals surface area contributed by atoms with Gasteiger partial charge in [0.05, 0.1) is 22.8 Å². The standard InChI is InChI=1S/C14H12Cl3NO/c1-7-5-12(19-3)8(2)4-9(7)13-10(15)6-11(16)14(17)18-13/h4-6H,1-3H3. The third-order valence-electron chi connectivity index (χ3n) is 2.88. The molecule has 0 spiro atoms. The van der Waals surface area contributed by atoms with Crippen molar-refractivity contribution in [3.63, 3.8) is 0 Å². The van der Waals surface area contributed by atoms with Crippen LogP contribution in [-0.4, -0.2) is 12.1 Å². The molecule has 1 aromatic carbocycles. The highest BCUT2D eigenvalue weighted by molar-refractivity contribution is 6.43. The molecular formula is C14H12Cl3NO. The van der Waals surface area contributed by atoms with Crippen LogP contribution in [0.2, 0.25) is 15.2 Å². The number of methoxy groups -OCH3 is 1. The normalized spacial score (nSPS) is 10.6. The Kier molecular flexibility index (Phi) is 4.24. The van der Waals surface area contributed by atoms with Crippen LogP contribution in [0.5, 0.6) is 5.75 Å². The van der Waals surface area contributed by atoms with Crippen molar-refractivity contribution in [3.05, 3.63) is 44.5 Å². The lowest BCUT2D eigenvalue weighted by molar-refractivity contribution is 0.411. The van der Waals surface area contributed by atoms with Crippen molar-refractivity contribution >= 4 is 34.8 Å². The third-order valence-corrected chi connectivity index (χ3v) is 3.84. The number of aromatic nitrogens is 1. The fourth-order valence-electron chi connectivity index (χ4n) is 1.90. The quantitative estimate of drug-likeness (QED) is 0.698. The number of benzene rings is 1. The molecule has 0 amide bonds. The monoisotopic (exact) mass is 315 g/mol. The zero-order chi connectivity index (χ0) is 14.2. The van der Waals surface area contributed by atoms with Crippen molar-refractivity contribution in [1.29, 1.82) is 0 Å². The van der Waals surface area contributed by atoms with Crippen molar-refractivity contribution in [2.24, 2.45) is 0 Å². The van der Waals surface area contributed by atoms with Crippen LogP contribution in [0.25, 0.3) is 11.3 Å². The first-order valence-electron chi connectivity index (χ1n) is 5.61. The van der Waals surface area contributed by atoms with Crippen LogP contribution in [0.15, 0.2) is 18.2 Å². The summed E-state index contributed by atoms with van der Waals surface area (Å²) in [5.41, 5.74) is 3.56. The zero-order valence-electron chi connectivity index (χ0n) is 10.7. The average Bonchev–Trinajstić information content (AvgIpc) is 2.36. The zero-order valence-corrected chi connectivity index (χ0v) is 13.0. The molecule has 5 heteroatoms. The van der Waals surface area contributed by atoms with Crippen molar-refractivity contribution in [3.8, 4) is 17.0 Å². The Labute approximate surface area is 127 Å². The van der Waals surface area contributed by atoms with E-state index in [1.54, 1.807) is 13.2 Å². The molecule has 0 radical (unpaired) electrons. The average molecular weight is 317 g/mol. The van der Waals surface area contributed by atoms with E-state index in [0.717, 1.165) is 22.4 Å². The molecule has 0 saturated carbocycles. The molecule has 0 aliphatic heterocycles. The fraction of sp³-hybridized carbons (Fsp3) is 0.214. The van der Waals surface area contributed by atoms with Crippen molar-refractivity contribution < 1.29 is 4.74 Å². The second-order valence-corrected chi connectivity index (χ2v) is 5.40. The number of hydrogen-bond acceptors (Lipinski definition) is 2. The predicted octanol–water partition coefficient (Wildman–Crippen LogP) is 5.33. The highest BCUT2D eigenvalue weighted by atomic mass is 35.5. The summed E-state index contributed by atoms with van der Waals surface area (Å²) >= 11 is 18.1. The maximum absolute atomic E-state index is 6.20. The molecule has 1 aromatic heterocycles. The minimum absolute atomic E-state index is 0.244. The number of hydrogen-bond donors (Lipinski definition) is 0. The molecule has 0 saturated heterocycles. The third kappa shape index (κ3) is 2.81. The molecule has 1 heterocycles. The number of aryl methyl sites for hydroxylation is 2. The fourth-order valence-corrected chi connectivity index (χ4v) is 2.50. The van der Waals surface area contributed by atoms with E-state index in [-0.39, 0.29) is 5.15 Å². The van der Waals surface area contributed by atoms with Gasteiger partial charge in [-0.2, -0.15) is 0 Å². The lowest BCUT2D eigenvalue weighted by atomic mass is 10.0. The Hall–Kier alpha value is -0.960. The highest BCUT2D eigenvalue weighted by Crippen LogP contribution is 2.36. The largest absolute Gasteiger partial charge is 0.496 e. The van der Waals surface area contributed by atoms with Crippen LogP contribution in [0.3, 0.4) is 0 Å². The van der Waals surface area contributed by atoms with Crippen LogP contribution in [0.4, 0.5) is 0 Å². The second kappa shape index (κ2) is 5.58. The van der Waals surface area contributed by atoms with Crippen molar-refractivity contribution in [2.75, 3.05) is 7.11 Å². The van der Waals surface area contributed by atoms with Gasteiger partial charge < -0.3 is 4.74 Å². The van der Waals surface area contributed by atoms with Crippen molar-refractivity contribution in [2.45, 2.75) is 13.8 Å². The molecule has 2 nitrogen and oxygen atoms in total. The maximum atomic E-state index is 6.20. The number of halogens is 3. The molecule has 0 fully saturated rings. The van der Waals surface area contributed by atoms with Gasteiger partial charge in [-0.25, -0.2) is 4.98 Å². The lowest BCUT2D eigenvalue weighted by Crippen LogP contribution is -1.94. The smallest absolute Gasteiger partial charge is 0.148 e.